The summed E-state index contributed by atoms with van der Waals surface area (Å²) in [6, 6.07) is 15.7. The number of aryl methyl sites for hydroxylation is 1. The van der Waals surface area contributed by atoms with Crippen molar-refractivity contribution in [2.45, 2.75) is 38.1 Å². The van der Waals surface area contributed by atoms with Crippen molar-refractivity contribution in [1.82, 2.24) is 25.1 Å². The van der Waals surface area contributed by atoms with Gasteiger partial charge in [-0.15, -0.1) is 21.5 Å². The molecule has 2 heterocycles. The number of carbonyl (C=O) groups is 1. The second-order valence-corrected chi connectivity index (χ2v) is 10.6. The molecule has 0 aliphatic heterocycles. The summed E-state index contributed by atoms with van der Waals surface area (Å²) >= 11 is 9.50. The summed E-state index contributed by atoms with van der Waals surface area (Å²) in [7, 11) is 0. The molecule has 6 nitrogen and oxygen atoms in total. The summed E-state index contributed by atoms with van der Waals surface area (Å²) in [5.41, 5.74) is 3.38. The van der Waals surface area contributed by atoms with Crippen LogP contribution in [0.15, 0.2) is 59.1 Å². The molecule has 2 aromatic carbocycles. The van der Waals surface area contributed by atoms with Gasteiger partial charge in [0.15, 0.2) is 11.0 Å². The highest BCUT2D eigenvalue weighted by Gasteiger charge is 2.20. The molecule has 0 radical (unpaired) electrons. The molecular weight excluding hydrogens is 486 g/mol. The van der Waals surface area contributed by atoms with E-state index in [-0.39, 0.29) is 5.91 Å². The largest absolute Gasteiger partial charge is 0.351 e. The number of carbonyl (C=O) groups excluding carboxylic acids is 1. The second kappa shape index (κ2) is 11.2. The number of nitrogens with zero attached hydrogens (tertiary/aromatic N) is 4. The van der Waals surface area contributed by atoms with Gasteiger partial charge in [-0.25, -0.2) is 4.98 Å². The van der Waals surface area contributed by atoms with Crippen molar-refractivity contribution in [1.29, 1.82) is 0 Å². The maximum atomic E-state index is 12.4. The first-order valence-electron chi connectivity index (χ1n) is 11.1. The maximum absolute atomic E-state index is 12.4. The number of thiazole rings is 1. The third kappa shape index (κ3) is 5.68. The number of halogens is 1. The third-order valence-electron chi connectivity index (χ3n) is 5.22. The molecule has 0 spiro atoms. The zero-order valence-electron chi connectivity index (χ0n) is 19.3. The van der Waals surface area contributed by atoms with E-state index < -0.39 is 0 Å². The first-order chi connectivity index (χ1) is 16.4. The van der Waals surface area contributed by atoms with Gasteiger partial charge in [-0.3, -0.25) is 9.36 Å². The Bertz CT molecular complexity index is 1280. The molecule has 9 heteroatoms. The number of hydrogen-bond donors (Lipinski definition) is 1. The van der Waals surface area contributed by atoms with E-state index in [0.717, 1.165) is 33.4 Å². The van der Waals surface area contributed by atoms with E-state index in [1.54, 1.807) is 0 Å². The first-order valence-corrected chi connectivity index (χ1v) is 13.3. The van der Waals surface area contributed by atoms with Crippen molar-refractivity contribution in [2.75, 3.05) is 6.54 Å². The number of nitrogens with one attached hydrogen (secondary N) is 1. The van der Waals surface area contributed by atoms with Crippen molar-refractivity contribution in [3.05, 3.63) is 75.2 Å². The summed E-state index contributed by atoms with van der Waals surface area (Å²) < 4.78 is 2.04. The Hall–Kier alpha value is -2.68. The molecule has 0 unspecified atom stereocenters. The van der Waals surface area contributed by atoms with Gasteiger partial charge in [0.1, 0.15) is 10.7 Å². The van der Waals surface area contributed by atoms with Gasteiger partial charge in [0, 0.05) is 17.5 Å². The molecule has 0 saturated carbocycles. The lowest BCUT2D eigenvalue weighted by molar-refractivity contribution is 0.0947. The number of para-hydroxylation sites is 1. The second-order valence-electron chi connectivity index (χ2n) is 8.26. The van der Waals surface area contributed by atoms with Crippen molar-refractivity contribution < 1.29 is 4.79 Å². The van der Waals surface area contributed by atoms with E-state index >= 15 is 0 Å². The van der Waals surface area contributed by atoms with Gasteiger partial charge in [-0.1, -0.05) is 67.5 Å². The predicted molar refractivity (Wildman–Crippen MR) is 140 cm³/mol. The molecule has 0 aliphatic carbocycles. The lowest BCUT2D eigenvalue weighted by Gasteiger charge is -2.13. The Labute approximate surface area is 212 Å². The van der Waals surface area contributed by atoms with Gasteiger partial charge >= 0.3 is 0 Å². The third-order valence-corrected chi connectivity index (χ3v) is 7.52. The van der Waals surface area contributed by atoms with E-state index in [4.69, 9.17) is 11.6 Å². The molecule has 4 rings (SSSR count). The minimum absolute atomic E-state index is 0.128. The minimum Gasteiger partial charge on any atom is -0.351 e. The highest BCUT2D eigenvalue weighted by Crippen LogP contribution is 2.34. The van der Waals surface area contributed by atoms with Crippen molar-refractivity contribution >= 4 is 40.6 Å². The highest BCUT2D eigenvalue weighted by atomic mass is 35.5. The average Bonchev–Trinajstić information content (AvgIpc) is 3.45. The standard InChI is InChI=1S/C25H26ClN5OS2/c1-16(2)12-13-27-24(32)20-14-33-22(28-20)15-34-25-30-29-23(18-9-5-6-10-19(18)26)31(25)21-11-7-4-8-17(21)3/h4-11,14,16H,12-13,15H2,1-3H3,(H,27,32). The predicted octanol–water partition coefficient (Wildman–Crippen LogP) is 6.42. The molecule has 0 atom stereocenters. The summed E-state index contributed by atoms with van der Waals surface area (Å²) in [5.74, 6) is 1.68. The van der Waals surface area contributed by atoms with Crippen LogP contribution in [0.3, 0.4) is 0 Å². The fourth-order valence-electron chi connectivity index (χ4n) is 3.38. The first kappa shape index (κ1) is 24.4. The zero-order chi connectivity index (χ0) is 24.1. The number of rotatable bonds is 9. The number of benzene rings is 2. The van der Waals surface area contributed by atoms with Crippen LogP contribution >= 0.6 is 34.7 Å². The molecule has 2 aromatic heterocycles. The van der Waals surface area contributed by atoms with Gasteiger partial charge in [0.25, 0.3) is 5.91 Å². The fraction of sp³-hybridized carbons (Fsp3) is 0.280. The SMILES string of the molecule is Cc1ccccc1-n1c(SCc2nc(C(=O)NCCC(C)C)cs2)nnc1-c1ccccc1Cl. The Morgan fingerprint density at radius 3 is 2.68 bits per heavy atom. The lowest BCUT2D eigenvalue weighted by atomic mass is 10.1. The van der Waals surface area contributed by atoms with Crippen LogP contribution in [0, 0.1) is 12.8 Å². The molecule has 176 valence electrons. The van der Waals surface area contributed by atoms with E-state index in [1.807, 2.05) is 52.4 Å². The van der Waals surface area contributed by atoms with Crippen LogP contribution in [0.2, 0.25) is 5.02 Å². The monoisotopic (exact) mass is 511 g/mol. The molecule has 4 aromatic rings. The van der Waals surface area contributed by atoms with Gasteiger partial charge in [0.05, 0.1) is 16.5 Å². The Balaban J connectivity index is 1.57. The van der Waals surface area contributed by atoms with Gasteiger partial charge < -0.3 is 5.32 Å². The Morgan fingerprint density at radius 2 is 1.91 bits per heavy atom. The van der Waals surface area contributed by atoms with E-state index in [9.17, 15) is 4.79 Å². The smallest absolute Gasteiger partial charge is 0.270 e. The molecule has 1 amide bonds. The maximum Gasteiger partial charge on any atom is 0.270 e. The number of aromatic nitrogens is 4. The van der Waals surface area contributed by atoms with E-state index in [1.165, 1.54) is 23.1 Å². The number of thioether (sulfide) groups is 1. The summed E-state index contributed by atoms with van der Waals surface area (Å²) in [6.45, 7) is 6.99. The van der Waals surface area contributed by atoms with Crippen molar-refractivity contribution in [2.24, 2.45) is 5.92 Å². The summed E-state index contributed by atoms with van der Waals surface area (Å²) in [6.07, 6.45) is 0.945. The van der Waals surface area contributed by atoms with Crippen LogP contribution in [0.5, 0.6) is 0 Å². The summed E-state index contributed by atoms with van der Waals surface area (Å²) in [5, 5.41) is 15.9. The van der Waals surface area contributed by atoms with Gasteiger partial charge in [0.2, 0.25) is 0 Å². The van der Waals surface area contributed by atoms with Crippen LogP contribution in [0.4, 0.5) is 0 Å². The molecule has 0 fully saturated rings. The zero-order valence-corrected chi connectivity index (χ0v) is 21.7. The normalized spacial score (nSPS) is 11.2. The van der Waals surface area contributed by atoms with Crippen LogP contribution in [-0.2, 0) is 5.75 Å². The van der Waals surface area contributed by atoms with Crippen molar-refractivity contribution in [3.63, 3.8) is 0 Å². The molecule has 1 N–H and O–H groups in total. The lowest BCUT2D eigenvalue weighted by Crippen LogP contribution is -2.25. The minimum atomic E-state index is -0.128. The van der Waals surface area contributed by atoms with E-state index in [0.29, 0.717) is 34.8 Å². The Morgan fingerprint density at radius 1 is 1.15 bits per heavy atom. The van der Waals surface area contributed by atoms with Crippen molar-refractivity contribution in [3.8, 4) is 17.1 Å². The molecular formula is C25H26ClN5OS2. The van der Waals surface area contributed by atoms with Gasteiger partial charge in [-0.2, -0.15) is 0 Å². The van der Waals surface area contributed by atoms with Gasteiger partial charge in [-0.05, 0) is 43.0 Å². The van der Waals surface area contributed by atoms with Crippen LogP contribution in [0.1, 0.15) is 41.3 Å². The molecule has 34 heavy (non-hydrogen) atoms. The number of amides is 1. The number of hydrogen-bond acceptors (Lipinski definition) is 6. The quantitative estimate of drug-likeness (QED) is 0.262. The van der Waals surface area contributed by atoms with Crippen LogP contribution < -0.4 is 5.32 Å². The highest BCUT2D eigenvalue weighted by molar-refractivity contribution is 7.98. The molecule has 0 saturated heterocycles. The topological polar surface area (TPSA) is 72.7 Å². The molecule has 0 aliphatic rings. The van der Waals surface area contributed by atoms with Crippen LogP contribution in [0.25, 0.3) is 17.1 Å². The van der Waals surface area contributed by atoms with E-state index in [2.05, 4.69) is 47.3 Å². The van der Waals surface area contributed by atoms with Crippen LogP contribution in [-0.4, -0.2) is 32.2 Å². The Kier molecular flexibility index (Phi) is 8.03. The summed E-state index contributed by atoms with van der Waals surface area (Å²) in [4.78, 5) is 16.9. The molecule has 0 bridgehead atoms. The fourth-order valence-corrected chi connectivity index (χ4v) is 5.34. The average molecular weight is 512 g/mol.